The van der Waals surface area contributed by atoms with E-state index in [0.29, 0.717) is 6.42 Å². The highest BCUT2D eigenvalue weighted by Crippen LogP contribution is 2.03. The zero-order chi connectivity index (χ0) is 14.3. The molecule has 1 amide bonds. The van der Waals surface area contributed by atoms with Crippen molar-refractivity contribution in [2.75, 3.05) is 6.61 Å². The molecule has 0 saturated heterocycles. The monoisotopic (exact) mass is 275 g/mol. The summed E-state index contributed by atoms with van der Waals surface area (Å²) in [6, 6.07) is 9.49. The van der Waals surface area contributed by atoms with Gasteiger partial charge in [-0.1, -0.05) is 50.0 Å². The van der Waals surface area contributed by atoms with Gasteiger partial charge < -0.3 is 10.4 Å². The number of hydrogen-bond donors (Lipinski definition) is 2. The first-order valence-corrected chi connectivity index (χ1v) is 9.89. The summed E-state index contributed by atoms with van der Waals surface area (Å²) in [6.45, 7) is 6.16. The van der Waals surface area contributed by atoms with E-state index in [1.54, 1.807) is 0 Å². The molecule has 1 unspecified atom stereocenters. The maximum atomic E-state index is 11.7. The Balaban J connectivity index is 2.57. The summed E-state index contributed by atoms with van der Waals surface area (Å²) in [6.07, 6.45) is 0.609. The second-order valence-electron chi connectivity index (χ2n) is 5.54. The smallest absolute Gasteiger partial charge is 0.295 e. The van der Waals surface area contributed by atoms with Gasteiger partial charge in [-0.3, -0.25) is 4.79 Å². The van der Waals surface area contributed by atoms with E-state index in [4.69, 9.17) is 0 Å². The van der Waals surface area contributed by atoms with Crippen molar-refractivity contribution in [2.24, 2.45) is 0 Å². The number of amides is 1. The topological polar surface area (TPSA) is 49.3 Å². The zero-order valence-electron chi connectivity index (χ0n) is 11.7. The molecule has 0 aromatic heterocycles. The van der Waals surface area contributed by atoms with Crippen molar-refractivity contribution in [3.8, 4) is 11.5 Å². The maximum Gasteiger partial charge on any atom is 0.295 e. The molecule has 4 heteroatoms. The summed E-state index contributed by atoms with van der Waals surface area (Å²) >= 11 is 0. The summed E-state index contributed by atoms with van der Waals surface area (Å²) in [5, 5.41) is 12.1. The van der Waals surface area contributed by atoms with Crippen molar-refractivity contribution in [3.05, 3.63) is 35.9 Å². The lowest BCUT2D eigenvalue weighted by Crippen LogP contribution is -2.38. The predicted octanol–water partition coefficient (Wildman–Crippen LogP) is 1.59. The number of carbonyl (C=O) groups excluding carboxylic acids is 1. The predicted molar refractivity (Wildman–Crippen MR) is 80.3 cm³/mol. The first-order chi connectivity index (χ1) is 8.90. The van der Waals surface area contributed by atoms with E-state index < -0.39 is 8.07 Å². The minimum atomic E-state index is -1.54. The van der Waals surface area contributed by atoms with E-state index in [1.165, 1.54) is 0 Å². The fourth-order valence-electron chi connectivity index (χ4n) is 1.53. The van der Waals surface area contributed by atoms with Crippen molar-refractivity contribution < 1.29 is 9.90 Å². The lowest BCUT2D eigenvalue weighted by Gasteiger charge is -2.14. The summed E-state index contributed by atoms with van der Waals surface area (Å²) < 4.78 is 0. The van der Waals surface area contributed by atoms with Gasteiger partial charge in [0.25, 0.3) is 5.91 Å². The van der Waals surface area contributed by atoms with Crippen LogP contribution in [0.15, 0.2) is 30.3 Å². The summed E-state index contributed by atoms with van der Waals surface area (Å²) in [5.74, 6) is 2.32. The van der Waals surface area contributed by atoms with Crippen molar-refractivity contribution in [1.82, 2.24) is 5.32 Å². The van der Waals surface area contributed by atoms with Crippen LogP contribution in [-0.4, -0.2) is 31.7 Å². The molecule has 1 atom stereocenters. The number of carbonyl (C=O) groups is 1. The molecule has 0 saturated carbocycles. The van der Waals surface area contributed by atoms with Crippen LogP contribution in [0.4, 0.5) is 0 Å². The van der Waals surface area contributed by atoms with Crippen molar-refractivity contribution in [1.29, 1.82) is 0 Å². The summed E-state index contributed by atoms with van der Waals surface area (Å²) in [5.41, 5.74) is 4.09. The quantitative estimate of drug-likeness (QED) is 0.647. The van der Waals surface area contributed by atoms with E-state index >= 15 is 0 Å². The van der Waals surface area contributed by atoms with Crippen LogP contribution >= 0.6 is 0 Å². The highest BCUT2D eigenvalue weighted by Gasteiger charge is 2.12. The maximum absolute atomic E-state index is 11.7. The fourth-order valence-corrected chi connectivity index (χ4v) is 2.01. The Morgan fingerprint density at radius 2 is 1.95 bits per heavy atom. The first kappa shape index (κ1) is 15.5. The lowest BCUT2D eigenvalue weighted by atomic mass is 10.1. The first-order valence-electron chi connectivity index (χ1n) is 6.39. The third-order valence-corrected chi connectivity index (χ3v) is 3.31. The number of hydrogen-bond acceptors (Lipinski definition) is 2. The molecule has 0 heterocycles. The molecule has 102 valence electrons. The highest BCUT2D eigenvalue weighted by molar-refractivity contribution is 6.84. The van der Waals surface area contributed by atoms with E-state index in [2.05, 4.69) is 36.4 Å². The largest absolute Gasteiger partial charge is 0.394 e. The third-order valence-electron chi connectivity index (χ3n) is 2.43. The molecule has 0 aliphatic carbocycles. The van der Waals surface area contributed by atoms with Crippen LogP contribution in [0.2, 0.25) is 19.6 Å². The SMILES string of the molecule is C[Si](C)(C)C#CC(=O)NC(CO)Cc1ccccc1. The van der Waals surface area contributed by atoms with Crippen LogP contribution in [-0.2, 0) is 11.2 Å². The van der Waals surface area contributed by atoms with E-state index in [1.807, 2.05) is 30.3 Å². The molecular weight excluding hydrogens is 254 g/mol. The highest BCUT2D eigenvalue weighted by atomic mass is 28.3. The van der Waals surface area contributed by atoms with Gasteiger partial charge in [0.05, 0.1) is 12.6 Å². The number of benzene rings is 1. The summed E-state index contributed by atoms with van der Waals surface area (Å²) in [7, 11) is -1.54. The molecule has 0 radical (unpaired) electrons. The number of aliphatic hydroxyl groups is 1. The second kappa shape index (κ2) is 7.12. The minimum absolute atomic E-state index is 0.0880. The molecule has 3 nitrogen and oxygen atoms in total. The van der Waals surface area contributed by atoms with Crippen LogP contribution in [0.1, 0.15) is 5.56 Å². The van der Waals surface area contributed by atoms with E-state index in [-0.39, 0.29) is 18.6 Å². The third kappa shape index (κ3) is 6.80. The van der Waals surface area contributed by atoms with Gasteiger partial charge in [-0.05, 0) is 17.9 Å². The van der Waals surface area contributed by atoms with Crippen molar-refractivity contribution in [3.63, 3.8) is 0 Å². The van der Waals surface area contributed by atoms with Gasteiger partial charge in [-0.25, -0.2) is 0 Å². The Kier molecular flexibility index (Phi) is 5.81. The van der Waals surface area contributed by atoms with Crippen molar-refractivity contribution >= 4 is 14.0 Å². The summed E-state index contributed by atoms with van der Waals surface area (Å²) in [4.78, 5) is 11.7. The van der Waals surface area contributed by atoms with Gasteiger partial charge in [0.2, 0.25) is 0 Å². The Hall–Kier alpha value is -1.57. The minimum Gasteiger partial charge on any atom is -0.394 e. The molecule has 2 N–H and O–H groups in total. The average molecular weight is 275 g/mol. The van der Waals surface area contributed by atoms with Crippen LogP contribution < -0.4 is 5.32 Å². The number of rotatable bonds is 4. The molecular formula is C15H21NO2Si. The molecule has 1 aromatic rings. The Morgan fingerprint density at radius 1 is 1.32 bits per heavy atom. The second-order valence-corrected chi connectivity index (χ2v) is 10.3. The van der Waals surface area contributed by atoms with Gasteiger partial charge >= 0.3 is 0 Å². The molecule has 0 aliphatic rings. The molecule has 0 bridgehead atoms. The number of nitrogens with one attached hydrogen (secondary N) is 1. The van der Waals surface area contributed by atoms with Crippen LogP contribution in [0.25, 0.3) is 0 Å². The Labute approximate surface area is 116 Å². The van der Waals surface area contributed by atoms with Gasteiger partial charge in [0.15, 0.2) is 0 Å². The standard InChI is InChI=1S/C15H21NO2Si/c1-19(2,3)10-9-15(18)16-14(12-17)11-13-7-5-4-6-8-13/h4-8,14,17H,11-12H2,1-3H3,(H,16,18). The van der Waals surface area contributed by atoms with Gasteiger partial charge in [-0.2, -0.15) is 0 Å². The molecule has 1 aromatic carbocycles. The molecule has 0 aliphatic heterocycles. The molecule has 0 fully saturated rings. The molecule has 19 heavy (non-hydrogen) atoms. The molecule has 1 rings (SSSR count). The Bertz CT molecular complexity index is 468. The Morgan fingerprint density at radius 3 is 2.47 bits per heavy atom. The van der Waals surface area contributed by atoms with E-state index in [9.17, 15) is 9.90 Å². The fraction of sp³-hybridized carbons (Fsp3) is 0.400. The lowest BCUT2D eigenvalue weighted by molar-refractivity contribution is -0.116. The van der Waals surface area contributed by atoms with Gasteiger partial charge in [-0.15, -0.1) is 5.54 Å². The van der Waals surface area contributed by atoms with Gasteiger partial charge in [0.1, 0.15) is 8.07 Å². The number of aliphatic hydroxyl groups excluding tert-OH is 1. The normalized spacial score (nSPS) is 12.2. The zero-order valence-corrected chi connectivity index (χ0v) is 12.7. The van der Waals surface area contributed by atoms with Crippen LogP contribution in [0.3, 0.4) is 0 Å². The van der Waals surface area contributed by atoms with Crippen LogP contribution in [0.5, 0.6) is 0 Å². The van der Waals surface area contributed by atoms with E-state index in [0.717, 1.165) is 5.56 Å². The average Bonchev–Trinajstić information content (AvgIpc) is 2.36. The molecule has 0 spiro atoms. The van der Waals surface area contributed by atoms with Gasteiger partial charge in [0, 0.05) is 0 Å². The van der Waals surface area contributed by atoms with Crippen LogP contribution in [0, 0.1) is 11.5 Å². The van der Waals surface area contributed by atoms with Crippen molar-refractivity contribution in [2.45, 2.75) is 32.1 Å².